The van der Waals surface area contributed by atoms with Gasteiger partial charge in [0, 0.05) is 16.4 Å². The van der Waals surface area contributed by atoms with Crippen molar-refractivity contribution in [2.75, 3.05) is 16.4 Å². The summed E-state index contributed by atoms with van der Waals surface area (Å²) in [5, 5.41) is 6.47. The second-order valence-corrected chi connectivity index (χ2v) is 6.21. The van der Waals surface area contributed by atoms with Gasteiger partial charge in [-0.3, -0.25) is 0 Å². The summed E-state index contributed by atoms with van der Waals surface area (Å²) in [7, 11) is 0. The normalized spacial score (nSPS) is 11.3. The number of anilines is 5. The minimum atomic E-state index is -4.44. The van der Waals surface area contributed by atoms with Gasteiger partial charge in [-0.2, -0.15) is 13.2 Å². The molecule has 5 nitrogen and oxygen atoms in total. The number of alkyl halides is 3. The lowest BCUT2D eigenvalue weighted by atomic mass is 10.2. The summed E-state index contributed by atoms with van der Waals surface area (Å²) in [4.78, 5) is 8.11. The number of hydrogen-bond acceptors (Lipinski definition) is 5. The maximum atomic E-state index is 12.9. The van der Waals surface area contributed by atoms with Crippen molar-refractivity contribution < 1.29 is 13.2 Å². The van der Waals surface area contributed by atoms with Crippen molar-refractivity contribution >= 4 is 40.3 Å². The molecule has 27 heavy (non-hydrogen) atoms. The topological polar surface area (TPSA) is 75.9 Å². The third-order valence-electron chi connectivity index (χ3n) is 3.78. The minimum Gasteiger partial charge on any atom is -0.393 e. The van der Waals surface area contributed by atoms with Gasteiger partial charge in [0.25, 0.3) is 0 Å². The van der Waals surface area contributed by atoms with Gasteiger partial charge in [0.2, 0.25) is 0 Å². The molecule has 0 spiro atoms. The smallest absolute Gasteiger partial charge is 0.393 e. The van der Waals surface area contributed by atoms with Crippen LogP contribution in [0, 0.1) is 6.92 Å². The Hall–Kier alpha value is -3.00. The van der Waals surface area contributed by atoms with E-state index in [9.17, 15) is 13.2 Å². The second-order valence-electron chi connectivity index (χ2n) is 5.77. The fourth-order valence-electron chi connectivity index (χ4n) is 2.40. The molecule has 0 radical (unpaired) electrons. The molecule has 1 aromatic heterocycles. The van der Waals surface area contributed by atoms with E-state index in [0.717, 1.165) is 23.4 Å². The molecule has 4 N–H and O–H groups in total. The zero-order valence-corrected chi connectivity index (χ0v) is 14.9. The van der Waals surface area contributed by atoms with Crippen LogP contribution >= 0.6 is 11.6 Å². The van der Waals surface area contributed by atoms with Crippen molar-refractivity contribution in [2.24, 2.45) is 0 Å². The van der Waals surface area contributed by atoms with Gasteiger partial charge in [0.05, 0.1) is 5.56 Å². The summed E-state index contributed by atoms with van der Waals surface area (Å²) < 4.78 is 38.6. The van der Waals surface area contributed by atoms with Crippen LogP contribution in [0.5, 0.6) is 0 Å². The molecule has 0 unspecified atom stereocenters. The Morgan fingerprint density at radius 1 is 1.00 bits per heavy atom. The van der Waals surface area contributed by atoms with E-state index in [1.165, 1.54) is 18.5 Å². The molecule has 0 aliphatic rings. The van der Waals surface area contributed by atoms with Gasteiger partial charge >= 0.3 is 6.18 Å². The highest BCUT2D eigenvalue weighted by molar-refractivity contribution is 6.30. The van der Waals surface area contributed by atoms with Gasteiger partial charge < -0.3 is 16.4 Å². The first-order valence-corrected chi connectivity index (χ1v) is 8.20. The molecule has 0 fully saturated rings. The molecule has 140 valence electrons. The summed E-state index contributed by atoms with van der Waals surface area (Å²) in [6.45, 7) is 1.87. The summed E-state index contributed by atoms with van der Waals surface area (Å²) in [5.74, 6) is 0.517. The molecule has 0 saturated carbocycles. The minimum absolute atomic E-state index is 0.171. The molecule has 0 bridgehead atoms. The monoisotopic (exact) mass is 393 g/mol. The maximum absolute atomic E-state index is 12.9. The van der Waals surface area contributed by atoms with Crippen molar-refractivity contribution in [1.82, 2.24) is 9.97 Å². The van der Waals surface area contributed by atoms with E-state index in [1.54, 1.807) is 18.2 Å². The fraction of sp³-hybridized carbons (Fsp3) is 0.111. The van der Waals surface area contributed by atoms with E-state index >= 15 is 0 Å². The molecule has 0 atom stereocenters. The lowest BCUT2D eigenvalue weighted by molar-refractivity contribution is -0.137. The third kappa shape index (κ3) is 4.40. The van der Waals surface area contributed by atoms with Gasteiger partial charge in [-0.25, -0.2) is 9.97 Å². The van der Waals surface area contributed by atoms with E-state index < -0.39 is 11.7 Å². The SMILES string of the molecule is Cc1cc(Cl)ccc1Nc1ncnc(Nc2cccc(C(F)(F)F)c2)c1N. The van der Waals surface area contributed by atoms with Crippen LogP contribution < -0.4 is 16.4 Å². The lowest BCUT2D eigenvalue weighted by Crippen LogP contribution is -2.07. The van der Waals surface area contributed by atoms with Crippen LogP contribution in [0.15, 0.2) is 48.8 Å². The largest absolute Gasteiger partial charge is 0.416 e. The first-order valence-electron chi connectivity index (χ1n) is 7.82. The van der Waals surface area contributed by atoms with Crippen LogP contribution in [-0.4, -0.2) is 9.97 Å². The predicted octanol–water partition coefficient (Wildman–Crippen LogP) is 5.53. The van der Waals surface area contributed by atoms with Crippen LogP contribution in [0.3, 0.4) is 0 Å². The number of aromatic nitrogens is 2. The Morgan fingerprint density at radius 2 is 1.70 bits per heavy atom. The van der Waals surface area contributed by atoms with Crippen molar-refractivity contribution in [3.05, 3.63) is 64.9 Å². The molecule has 3 rings (SSSR count). The molecule has 2 aromatic carbocycles. The van der Waals surface area contributed by atoms with Crippen LogP contribution in [0.2, 0.25) is 5.02 Å². The van der Waals surface area contributed by atoms with Crippen molar-refractivity contribution in [3.8, 4) is 0 Å². The number of hydrogen-bond donors (Lipinski definition) is 3. The lowest BCUT2D eigenvalue weighted by Gasteiger charge is -2.15. The first-order chi connectivity index (χ1) is 12.7. The van der Waals surface area contributed by atoms with E-state index in [0.29, 0.717) is 10.8 Å². The van der Waals surface area contributed by atoms with E-state index in [2.05, 4.69) is 20.6 Å². The average molecular weight is 394 g/mol. The highest BCUT2D eigenvalue weighted by Gasteiger charge is 2.30. The second kappa shape index (κ2) is 7.32. The molecule has 1 heterocycles. The third-order valence-corrected chi connectivity index (χ3v) is 4.01. The highest BCUT2D eigenvalue weighted by Crippen LogP contribution is 2.33. The van der Waals surface area contributed by atoms with Crippen LogP contribution in [-0.2, 0) is 6.18 Å². The average Bonchev–Trinajstić information content (AvgIpc) is 2.60. The number of nitrogens with zero attached hydrogens (tertiary/aromatic N) is 2. The van der Waals surface area contributed by atoms with Crippen molar-refractivity contribution in [1.29, 1.82) is 0 Å². The zero-order chi connectivity index (χ0) is 19.6. The Kier molecular flexibility index (Phi) is 5.09. The molecule has 0 aliphatic carbocycles. The van der Waals surface area contributed by atoms with Crippen LogP contribution in [0.4, 0.5) is 41.9 Å². The van der Waals surface area contributed by atoms with Gasteiger partial charge in [0.1, 0.15) is 12.0 Å². The molecular weight excluding hydrogens is 379 g/mol. The molecule has 0 saturated heterocycles. The number of nitrogens with two attached hydrogens (primary N) is 1. The predicted molar refractivity (Wildman–Crippen MR) is 101 cm³/mol. The Balaban J connectivity index is 1.87. The summed E-state index contributed by atoms with van der Waals surface area (Å²) >= 11 is 5.94. The number of aryl methyl sites for hydroxylation is 1. The summed E-state index contributed by atoms with van der Waals surface area (Å²) in [6, 6.07) is 10.0. The number of benzene rings is 2. The first kappa shape index (κ1) is 18.8. The van der Waals surface area contributed by atoms with Gasteiger partial charge in [0.15, 0.2) is 11.6 Å². The van der Waals surface area contributed by atoms with Crippen molar-refractivity contribution in [2.45, 2.75) is 13.1 Å². The summed E-state index contributed by atoms with van der Waals surface area (Å²) in [5.41, 5.74) is 7.33. The Bertz CT molecular complexity index is 975. The van der Waals surface area contributed by atoms with Crippen molar-refractivity contribution in [3.63, 3.8) is 0 Å². The fourth-order valence-corrected chi connectivity index (χ4v) is 2.63. The number of nitrogen functional groups attached to an aromatic ring is 1. The zero-order valence-electron chi connectivity index (χ0n) is 14.1. The molecular formula is C18H15ClF3N5. The number of rotatable bonds is 4. The van der Waals surface area contributed by atoms with E-state index in [4.69, 9.17) is 17.3 Å². The standard InChI is InChI=1S/C18H15ClF3N5/c1-10-7-12(19)5-6-14(10)27-17-15(23)16(24-9-25-17)26-13-4-2-3-11(8-13)18(20,21)22/h2-9H,23H2,1H3,(H2,24,25,26,27). The van der Waals surface area contributed by atoms with E-state index in [1.807, 2.05) is 6.92 Å². The Labute approximate surface area is 158 Å². The molecule has 9 heteroatoms. The van der Waals surface area contributed by atoms with Gasteiger partial charge in [-0.1, -0.05) is 17.7 Å². The molecule has 0 aliphatic heterocycles. The molecule has 0 amide bonds. The molecule has 3 aromatic rings. The number of nitrogens with one attached hydrogen (secondary N) is 2. The number of halogens is 4. The summed E-state index contributed by atoms with van der Waals surface area (Å²) in [6.07, 6.45) is -3.17. The van der Waals surface area contributed by atoms with Crippen LogP contribution in [0.25, 0.3) is 0 Å². The Morgan fingerprint density at radius 3 is 2.37 bits per heavy atom. The maximum Gasteiger partial charge on any atom is 0.416 e. The van der Waals surface area contributed by atoms with Gasteiger partial charge in [-0.15, -0.1) is 0 Å². The van der Waals surface area contributed by atoms with Gasteiger partial charge in [-0.05, 0) is 48.9 Å². The highest BCUT2D eigenvalue weighted by atomic mass is 35.5. The van der Waals surface area contributed by atoms with Crippen LogP contribution in [0.1, 0.15) is 11.1 Å². The quantitative estimate of drug-likeness (QED) is 0.543. The van der Waals surface area contributed by atoms with E-state index in [-0.39, 0.29) is 17.2 Å².